The molecular formula is C8H16BrNO. The second-order valence-electron chi connectivity index (χ2n) is 2.86. The van der Waals surface area contributed by atoms with Crippen molar-refractivity contribution in [3.63, 3.8) is 0 Å². The van der Waals surface area contributed by atoms with E-state index in [4.69, 9.17) is 4.74 Å². The summed E-state index contributed by atoms with van der Waals surface area (Å²) in [4.78, 5) is 0. The molecule has 0 aromatic carbocycles. The highest BCUT2D eigenvalue weighted by molar-refractivity contribution is 9.09. The summed E-state index contributed by atoms with van der Waals surface area (Å²) < 4.78 is 5.48. The Labute approximate surface area is 76.8 Å². The molecule has 1 atom stereocenters. The van der Waals surface area contributed by atoms with Crippen LogP contribution in [0.2, 0.25) is 0 Å². The third-order valence-electron chi connectivity index (χ3n) is 1.94. The quantitative estimate of drug-likeness (QED) is 0.562. The Bertz CT molecular complexity index is 94.1. The van der Waals surface area contributed by atoms with E-state index < -0.39 is 0 Å². The van der Waals surface area contributed by atoms with E-state index in [1.165, 1.54) is 19.3 Å². The lowest BCUT2D eigenvalue weighted by Crippen LogP contribution is -2.21. The number of alkyl halides is 1. The molecule has 66 valence electrons. The van der Waals surface area contributed by atoms with E-state index in [2.05, 4.69) is 21.2 Å². The first kappa shape index (κ1) is 9.49. The summed E-state index contributed by atoms with van der Waals surface area (Å²) >= 11 is 3.37. The van der Waals surface area contributed by atoms with Gasteiger partial charge in [0, 0.05) is 18.5 Å². The minimum absolute atomic E-state index is 0.540. The summed E-state index contributed by atoms with van der Waals surface area (Å²) in [5.74, 6) is 0. The zero-order chi connectivity index (χ0) is 7.94. The van der Waals surface area contributed by atoms with E-state index in [0.717, 1.165) is 25.0 Å². The van der Waals surface area contributed by atoms with Crippen LogP contribution in [0.3, 0.4) is 0 Å². The highest BCUT2D eigenvalue weighted by Gasteiger charge is 2.13. The minimum atomic E-state index is 0.540. The van der Waals surface area contributed by atoms with Gasteiger partial charge in [0.1, 0.15) is 0 Å². The summed E-state index contributed by atoms with van der Waals surface area (Å²) in [6, 6.07) is 0. The lowest BCUT2D eigenvalue weighted by molar-refractivity contribution is 0.104. The van der Waals surface area contributed by atoms with Crippen LogP contribution in [0.4, 0.5) is 0 Å². The molecule has 1 saturated heterocycles. The SMILES string of the molecule is BrCCNCCC1CCCO1. The lowest BCUT2D eigenvalue weighted by atomic mass is 10.2. The Morgan fingerprint density at radius 1 is 1.45 bits per heavy atom. The first-order chi connectivity index (χ1) is 5.43. The standard InChI is InChI=1S/C8H16BrNO/c9-4-6-10-5-3-8-2-1-7-11-8/h8,10H,1-7H2. The monoisotopic (exact) mass is 221 g/mol. The zero-order valence-electron chi connectivity index (χ0n) is 6.81. The molecule has 1 N–H and O–H groups in total. The molecule has 0 saturated carbocycles. The Morgan fingerprint density at radius 2 is 2.36 bits per heavy atom. The number of hydrogen-bond acceptors (Lipinski definition) is 2. The van der Waals surface area contributed by atoms with Gasteiger partial charge in [-0.05, 0) is 25.8 Å². The molecule has 0 radical (unpaired) electrons. The van der Waals surface area contributed by atoms with Crippen LogP contribution in [0.25, 0.3) is 0 Å². The van der Waals surface area contributed by atoms with E-state index in [1.54, 1.807) is 0 Å². The normalized spacial score (nSPS) is 24.3. The molecule has 0 aliphatic carbocycles. The van der Waals surface area contributed by atoms with Crippen molar-refractivity contribution >= 4 is 15.9 Å². The maximum atomic E-state index is 5.48. The third kappa shape index (κ3) is 4.09. The van der Waals surface area contributed by atoms with Crippen LogP contribution in [-0.2, 0) is 4.74 Å². The molecular weight excluding hydrogens is 206 g/mol. The number of ether oxygens (including phenoxy) is 1. The molecule has 1 aliphatic rings. The van der Waals surface area contributed by atoms with Gasteiger partial charge in [-0.15, -0.1) is 0 Å². The van der Waals surface area contributed by atoms with Crippen molar-refractivity contribution in [3.05, 3.63) is 0 Å². The van der Waals surface area contributed by atoms with Crippen molar-refractivity contribution in [1.82, 2.24) is 5.32 Å². The van der Waals surface area contributed by atoms with Crippen LogP contribution < -0.4 is 5.32 Å². The van der Waals surface area contributed by atoms with Crippen LogP contribution in [-0.4, -0.2) is 31.1 Å². The topological polar surface area (TPSA) is 21.3 Å². The average Bonchev–Trinajstić information content (AvgIpc) is 2.50. The predicted octanol–water partition coefficient (Wildman–Crippen LogP) is 1.54. The minimum Gasteiger partial charge on any atom is -0.378 e. The summed E-state index contributed by atoms with van der Waals surface area (Å²) in [7, 11) is 0. The number of halogens is 1. The highest BCUT2D eigenvalue weighted by atomic mass is 79.9. The van der Waals surface area contributed by atoms with Crippen LogP contribution in [0, 0.1) is 0 Å². The summed E-state index contributed by atoms with van der Waals surface area (Å²) in [6.45, 7) is 3.13. The second kappa shape index (κ2) is 5.98. The molecule has 1 rings (SSSR count). The van der Waals surface area contributed by atoms with Gasteiger partial charge in [-0.3, -0.25) is 0 Å². The van der Waals surface area contributed by atoms with Gasteiger partial charge in [0.15, 0.2) is 0 Å². The van der Waals surface area contributed by atoms with Crippen molar-refractivity contribution in [2.24, 2.45) is 0 Å². The molecule has 0 aromatic heterocycles. The van der Waals surface area contributed by atoms with E-state index in [1.807, 2.05) is 0 Å². The number of nitrogens with one attached hydrogen (secondary N) is 1. The molecule has 0 amide bonds. The molecule has 1 heterocycles. The Kier molecular flexibility index (Phi) is 5.15. The fraction of sp³-hybridized carbons (Fsp3) is 1.00. The Morgan fingerprint density at radius 3 is 3.00 bits per heavy atom. The van der Waals surface area contributed by atoms with Gasteiger partial charge < -0.3 is 10.1 Å². The molecule has 0 spiro atoms. The zero-order valence-corrected chi connectivity index (χ0v) is 8.40. The summed E-state index contributed by atoms with van der Waals surface area (Å²) in [5.41, 5.74) is 0. The molecule has 0 bridgehead atoms. The predicted molar refractivity (Wildman–Crippen MR) is 50.3 cm³/mol. The maximum absolute atomic E-state index is 5.48. The largest absolute Gasteiger partial charge is 0.378 e. The Balaban J connectivity index is 1.86. The smallest absolute Gasteiger partial charge is 0.0588 e. The molecule has 1 fully saturated rings. The van der Waals surface area contributed by atoms with Crippen LogP contribution >= 0.6 is 15.9 Å². The molecule has 1 unspecified atom stereocenters. The summed E-state index contributed by atoms with van der Waals surface area (Å²) in [5, 5.41) is 4.38. The van der Waals surface area contributed by atoms with E-state index in [-0.39, 0.29) is 0 Å². The highest BCUT2D eigenvalue weighted by Crippen LogP contribution is 2.14. The van der Waals surface area contributed by atoms with Crippen LogP contribution in [0.15, 0.2) is 0 Å². The van der Waals surface area contributed by atoms with E-state index >= 15 is 0 Å². The van der Waals surface area contributed by atoms with E-state index in [9.17, 15) is 0 Å². The van der Waals surface area contributed by atoms with Gasteiger partial charge in [0.25, 0.3) is 0 Å². The van der Waals surface area contributed by atoms with Crippen molar-refractivity contribution in [3.8, 4) is 0 Å². The molecule has 11 heavy (non-hydrogen) atoms. The van der Waals surface area contributed by atoms with Crippen LogP contribution in [0.5, 0.6) is 0 Å². The molecule has 0 aromatic rings. The van der Waals surface area contributed by atoms with E-state index in [0.29, 0.717) is 6.10 Å². The fourth-order valence-electron chi connectivity index (χ4n) is 1.33. The van der Waals surface area contributed by atoms with Gasteiger partial charge in [0.05, 0.1) is 6.10 Å². The van der Waals surface area contributed by atoms with Gasteiger partial charge in [-0.1, -0.05) is 15.9 Å². The maximum Gasteiger partial charge on any atom is 0.0588 e. The van der Waals surface area contributed by atoms with Gasteiger partial charge in [0.2, 0.25) is 0 Å². The van der Waals surface area contributed by atoms with Crippen molar-refractivity contribution in [2.75, 3.05) is 25.0 Å². The third-order valence-corrected chi connectivity index (χ3v) is 2.33. The fourth-order valence-corrected chi connectivity index (χ4v) is 1.61. The molecule has 3 heteroatoms. The van der Waals surface area contributed by atoms with Crippen molar-refractivity contribution < 1.29 is 4.74 Å². The van der Waals surface area contributed by atoms with Crippen molar-refractivity contribution in [2.45, 2.75) is 25.4 Å². The van der Waals surface area contributed by atoms with Gasteiger partial charge >= 0.3 is 0 Å². The summed E-state index contributed by atoms with van der Waals surface area (Å²) in [6.07, 6.45) is 4.23. The Hall–Kier alpha value is 0.400. The first-order valence-electron chi connectivity index (χ1n) is 4.32. The van der Waals surface area contributed by atoms with Crippen molar-refractivity contribution in [1.29, 1.82) is 0 Å². The number of rotatable bonds is 5. The molecule has 1 aliphatic heterocycles. The molecule has 2 nitrogen and oxygen atoms in total. The number of hydrogen-bond donors (Lipinski definition) is 1. The van der Waals surface area contributed by atoms with Gasteiger partial charge in [-0.2, -0.15) is 0 Å². The lowest BCUT2D eigenvalue weighted by Gasteiger charge is -2.08. The average molecular weight is 222 g/mol. The first-order valence-corrected chi connectivity index (χ1v) is 5.44. The van der Waals surface area contributed by atoms with Crippen LogP contribution in [0.1, 0.15) is 19.3 Å². The van der Waals surface area contributed by atoms with Gasteiger partial charge in [-0.25, -0.2) is 0 Å². The second-order valence-corrected chi connectivity index (χ2v) is 3.66.